The zero-order valence-corrected chi connectivity index (χ0v) is 12.6. The van der Waals surface area contributed by atoms with Crippen molar-refractivity contribution in [3.05, 3.63) is 39.9 Å². The minimum atomic E-state index is -1.12. The molecule has 0 radical (unpaired) electrons. The van der Waals surface area contributed by atoms with Crippen LogP contribution in [0.1, 0.15) is 44.3 Å². The van der Waals surface area contributed by atoms with Crippen molar-refractivity contribution in [2.75, 3.05) is 6.61 Å². The summed E-state index contributed by atoms with van der Waals surface area (Å²) in [5.41, 5.74) is 0.318. The number of nitro benzene ring substituents is 1. The van der Waals surface area contributed by atoms with Crippen LogP contribution >= 0.6 is 0 Å². The third-order valence-corrected chi connectivity index (χ3v) is 3.38. The molecule has 0 aliphatic heterocycles. The molecule has 0 saturated heterocycles. The molecule has 1 rings (SSSR count). The van der Waals surface area contributed by atoms with E-state index >= 15 is 0 Å². The first-order chi connectivity index (χ1) is 10.5. The van der Waals surface area contributed by atoms with Crippen LogP contribution in [0, 0.1) is 10.1 Å². The molecular formula is C15H22N2O5. The lowest BCUT2D eigenvalue weighted by molar-refractivity contribution is -0.384. The second kappa shape index (κ2) is 9.11. The average molecular weight is 310 g/mol. The van der Waals surface area contributed by atoms with Gasteiger partial charge >= 0.3 is 0 Å². The third kappa shape index (κ3) is 5.42. The second-order valence-electron chi connectivity index (χ2n) is 5.11. The molecule has 0 unspecified atom stereocenters. The second-order valence-corrected chi connectivity index (χ2v) is 5.11. The Morgan fingerprint density at radius 1 is 1.32 bits per heavy atom. The molecule has 0 fully saturated rings. The molecule has 7 nitrogen and oxygen atoms in total. The molecule has 1 aromatic rings. The van der Waals surface area contributed by atoms with E-state index in [9.17, 15) is 25.1 Å². The topological polar surface area (TPSA) is 113 Å². The number of benzene rings is 1. The number of nitro groups is 1. The fourth-order valence-electron chi connectivity index (χ4n) is 2.06. The number of nitrogens with zero attached hydrogens (tertiary/aromatic N) is 1. The fraction of sp³-hybridized carbons (Fsp3) is 0.533. The van der Waals surface area contributed by atoms with E-state index in [0.29, 0.717) is 12.0 Å². The van der Waals surface area contributed by atoms with Crippen molar-refractivity contribution >= 4 is 11.6 Å². The van der Waals surface area contributed by atoms with Crippen LogP contribution in [0.4, 0.5) is 5.69 Å². The van der Waals surface area contributed by atoms with Crippen LogP contribution in [-0.2, 0) is 4.79 Å². The number of nitrogens with one attached hydrogen (secondary N) is 1. The van der Waals surface area contributed by atoms with E-state index in [1.807, 2.05) is 6.92 Å². The Morgan fingerprint density at radius 2 is 1.95 bits per heavy atom. The van der Waals surface area contributed by atoms with Crippen molar-refractivity contribution in [1.82, 2.24) is 5.32 Å². The van der Waals surface area contributed by atoms with Crippen LogP contribution in [0.3, 0.4) is 0 Å². The monoisotopic (exact) mass is 310 g/mol. The van der Waals surface area contributed by atoms with Crippen molar-refractivity contribution in [3.63, 3.8) is 0 Å². The van der Waals surface area contributed by atoms with Crippen molar-refractivity contribution in [2.24, 2.45) is 0 Å². The minimum Gasteiger partial charge on any atom is -0.394 e. The summed E-state index contributed by atoms with van der Waals surface area (Å²) in [4.78, 5) is 21.8. The lowest BCUT2D eigenvalue weighted by Crippen LogP contribution is -2.41. The van der Waals surface area contributed by atoms with Gasteiger partial charge in [-0.3, -0.25) is 14.9 Å². The Morgan fingerprint density at radius 3 is 2.45 bits per heavy atom. The number of hydrogen-bond donors (Lipinski definition) is 3. The lowest BCUT2D eigenvalue weighted by Gasteiger charge is -2.22. The predicted octanol–water partition coefficient (Wildman–Crippen LogP) is 1.69. The van der Waals surface area contributed by atoms with Gasteiger partial charge in [0.1, 0.15) is 6.10 Å². The zero-order chi connectivity index (χ0) is 16.5. The molecule has 2 atom stereocenters. The highest BCUT2D eigenvalue weighted by Crippen LogP contribution is 2.20. The molecule has 3 N–H and O–H groups in total. The van der Waals surface area contributed by atoms with Crippen LogP contribution in [0.15, 0.2) is 24.3 Å². The summed E-state index contributed by atoms with van der Waals surface area (Å²) in [5.74, 6) is -0.228. The van der Waals surface area contributed by atoms with Crippen LogP contribution in [0.25, 0.3) is 0 Å². The SMILES string of the molecule is CCCCCC(=O)N[C@@H](CO)[C@@H](O)c1ccc([N+](=O)[O-])cc1. The third-order valence-electron chi connectivity index (χ3n) is 3.38. The highest BCUT2D eigenvalue weighted by Gasteiger charge is 2.22. The van der Waals surface area contributed by atoms with Gasteiger partial charge in [-0.1, -0.05) is 19.8 Å². The van der Waals surface area contributed by atoms with Crippen LogP contribution in [0.2, 0.25) is 0 Å². The lowest BCUT2D eigenvalue weighted by atomic mass is 10.0. The van der Waals surface area contributed by atoms with E-state index < -0.39 is 23.7 Å². The first-order valence-corrected chi connectivity index (χ1v) is 7.32. The van der Waals surface area contributed by atoms with Gasteiger partial charge in [0.15, 0.2) is 0 Å². The van der Waals surface area contributed by atoms with Gasteiger partial charge in [0, 0.05) is 18.6 Å². The number of hydrogen-bond acceptors (Lipinski definition) is 5. The van der Waals surface area contributed by atoms with E-state index in [1.54, 1.807) is 0 Å². The summed E-state index contributed by atoms with van der Waals surface area (Å²) in [6, 6.07) is 4.53. The summed E-state index contributed by atoms with van der Waals surface area (Å²) >= 11 is 0. The van der Waals surface area contributed by atoms with Gasteiger partial charge in [-0.05, 0) is 24.1 Å². The summed E-state index contributed by atoms with van der Waals surface area (Å²) < 4.78 is 0. The largest absolute Gasteiger partial charge is 0.394 e. The van der Waals surface area contributed by atoms with Crippen LogP contribution in [-0.4, -0.2) is 33.7 Å². The standard InChI is InChI=1S/C15H22N2O5/c1-2-3-4-5-14(19)16-13(10-18)15(20)11-6-8-12(9-7-11)17(21)22/h6-9,13,15,18,20H,2-5,10H2,1H3,(H,16,19)/t13-,15-/m0/s1. The molecule has 22 heavy (non-hydrogen) atoms. The molecule has 0 saturated carbocycles. The van der Waals surface area contributed by atoms with E-state index in [1.165, 1.54) is 24.3 Å². The molecule has 0 aliphatic rings. The number of amides is 1. The van der Waals surface area contributed by atoms with Crippen molar-refractivity contribution < 1.29 is 19.9 Å². The molecule has 122 valence electrons. The first kappa shape index (κ1) is 18.1. The molecule has 0 spiro atoms. The summed E-state index contributed by atoms with van der Waals surface area (Å²) in [6.45, 7) is 1.62. The van der Waals surface area contributed by atoms with Crippen molar-refractivity contribution in [1.29, 1.82) is 0 Å². The number of carbonyl (C=O) groups is 1. The number of rotatable bonds is 9. The average Bonchev–Trinajstić information content (AvgIpc) is 2.52. The Kier molecular flexibility index (Phi) is 7.48. The molecule has 1 amide bonds. The van der Waals surface area contributed by atoms with Gasteiger partial charge in [-0.2, -0.15) is 0 Å². The van der Waals surface area contributed by atoms with Crippen molar-refractivity contribution in [3.8, 4) is 0 Å². The number of non-ortho nitro benzene ring substituents is 1. The Bertz CT molecular complexity index is 489. The first-order valence-electron chi connectivity index (χ1n) is 7.32. The number of aliphatic hydroxyl groups excluding tert-OH is 2. The number of carbonyl (C=O) groups excluding carboxylic acids is 1. The number of aliphatic hydroxyl groups is 2. The molecule has 0 heterocycles. The van der Waals surface area contributed by atoms with Gasteiger partial charge in [-0.25, -0.2) is 0 Å². The van der Waals surface area contributed by atoms with E-state index in [0.717, 1.165) is 19.3 Å². The van der Waals surface area contributed by atoms with Gasteiger partial charge < -0.3 is 15.5 Å². The molecular weight excluding hydrogens is 288 g/mol. The summed E-state index contributed by atoms with van der Waals surface area (Å²) in [5, 5.41) is 32.7. The Hall–Kier alpha value is -1.99. The molecule has 0 aromatic heterocycles. The van der Waals surface area contributed by atoms with Crippen LogP contribution in [0.5, 0.6) is 0 Å². The van der Waals surface area contributed by atoms with Gasteiger partial charge in [0.2, 0.25) is 5.91 Å². The summed E-state index contributed by atoms with van der Waals surface area (Å²) in [6.07, 6.45) is 1.93. The number of unbranched alkanes of at least 4 members (excludes halogenated alkanes) is 2. The van der Waals surface area contributed by atoms with E-state index in [4.69, 9.17) is 0 Å². The normalized spacial score (nSPS) is 13.4. The maximum atomic E-state index is 11.7. The highest BCUT2D eigenvalue weighted by molar-refractivity contribution is 5.76. The Labute approximate surface area is 129 Å². The molecule has 0 bridgehead atoms. The zero-order valence-electron chi connectivity index (χ0n) is 12.6. The fourth-order valence-corrected chi connectivity index (χ4v) is 2.06. The quantitative estimate of drug-likeness (QED) is 0.365. The Balaban J connectivity index is 2.65. The van der Waals surface area contributed by atoms with Crippen LogP contribution < -0.4 is 5.32 Å². The van der Waals surface area contributed by atoms with Gasteiger partial charge in [-0.15, -0.1) is 0 Å². The molecule has 1 aromatic carbocycles. The minimum absolute atomic E-state index is 0.0832. The van der Waals surface area contributed by atoms with Crippen molar-refractivity contribution in [2.45, 2.75) is 44.8 Å². The maximum Gasteiger partial charge on any atom is 0.269 e. The smallest absolute Gasteiger partial charge is 0.269 e. The maximum absolute atomic E-state index is 11.7. The van der Waals surface area contributed by atoms with Gasteiger partial charge in [0.25, 0.3) is 5.69 Å². The predicted molar refractivity (Wildman–Crippen MR) is 81.2 cm³/mol. The molecule has 0 aliphatic carbocycles. The van der Waals surface area contributed by atoms with E-state index in [-0.39, 0.29) is 11.6 Å². The summed E-state index contributed by atoms with van der Waals surface area (Å²) in [7, 11) is 0. The van der Waals surface area contributed by atoms with Gasteiger partial charge in [0.05, 0.1) is 17.6 Å². The highest BCUT2D eigenvalue weighted by atomic mass is 16.6. The molecule has 7 heteroatoms. The van der Waals surface area contributed by atoms with E-state index in [2.05, 4.69) is 5.32 Å².